The van der Waals surface area contributed by atoms with Gasteiger partial charge in [0.1, 0.15) is 17.5 Å². The minimum atomic E-state index is -0.788. The van der Waals surface area contributed by atoms with Crippen LogP contribution in [0.5, 0.6) is 5.75 Å². The van der Waals surface area contributed by atoms with Crippen molar-refractivity contribution in [3.63, 3.8) is 0 Å². The number of aliphatic carboxylic acids is 1. The van der Waals surface area contributed by atoms with Gasteiger partial charge in [-0.05, 0) is 50.5 Å². The Bertz CT molecular complexity index is 734. The highest BCUT2D eigenvalue weighted by Gasteiger charge is 2.31. The number of methoxy groups -OCH3 is 1. The lowest BCUT2D eigenvalue weighted by molar-refractivity contribution is -0.139. The van der Waals surface area contributed by atoms with Gasteiger partial charge in [-0.3, -0.25) is 4.79 Å². The van der Waals surface area contributed by atoms with Crippen molar-refractivity contribution < 1.29 is 14.6 Å². The van der Waals surface area contributed by atoms with Crippen LogP contribution in [0.3, 0.4) is 0 Å². The molecule has 1 unspecified atom stereocenters. The molecule has 22 heavy (non-hydrogen) atoms. The molecule has 1 aromatic carbocycles. The number of carbonyl (C=O) groups is 1. The Morgan fingerprint density at radius 2 is 2.18 bits per heavy atom. The van der Waals surface area contributed by atoms with E-state index in [0.717, 1.165) is 41.2 Å². The molecule has 0 amide bonds. The zero-order valence-electron chi connectivity index (χ0n) is 13.1. The molecule has 3 rings (SSSR count). The molecule has 1 N–H and O–H groups in total. The van der Waals surface area contributed by atoms with Crippen molar-refractivity contribution in [3.05, 3.63) is 35.3 Å². The number of imidazole rings is 1. The van der Waals surface area contributed by atoms with Gasteiger partial charge in [-0.25, -0.2) is 4.98 Å². The standard InChI is InChI=1S/C17H20N2O3/c1-10-9-12(22-3)6-7-13(10)15-11(2)19-8-4-5-14(17(20)21)16(19)18-15/h6-7,9,14H,4-5,8H2,1-3H3,(H,20,21). The largest absolute Gasteiger partial charge is 0.497 e. The maximum Gasteiger partial charge on any atom is 0.314 e. The minimum absolute atomic E-state index is 0.500. The first kappa shape index (κ1) is 14.6. The number of hydrogen-bond acceptors (Lipinski definition) is 3. The zero-order valence-corrected chi connectivity index (χ0v) is 13.1. The Balaban J connectivity index is 2.12. The molecule has 0 aliphatic carbocycles. The first-order valence-electron chi connectivity index (χ1n) is 7.47. The van der Waals surface area contributed by atoms with Crippen LogP contribution in [0.1, 0.15) is 35.8 Å². The number of nitrogens with zero attached hydrogens (tertiary/aromatic N) is 2. The third-order valence-corrected chi connectivity index (χ3v) is 4.42. The van der Waals surface area contributed by atoms with Gasteiger partial charge in [0.25, 0.3) is 0 Å². The molecule has 0 fully saturated rings. The van der Waals surface area contributed by atoms with Crippen molar-refractivity contribution in [1.82, 2.24) is 9.55 Å². The minimum Gasteiger partial charge on any atom is -0.497 e. The predicted molar refractivity (Wildman–Crippen MR) is 83.3 cm³/mol. The number of fused-ring (bicyclic) bond motifs is 1. The summed E-state index contributed by atoms with van der Waals surface area (Å²) in [6.07, 6.45) is 1.54. The molecule has 5 nitrogen and oxygen atoms in total. The zero-order chi connectivity index (χ0) is 15.9. The van der Waals surface area contributed by atoms with E-state index >= 15 is 0 Å². The molecule has 0 bridgehead atoms. The first-order valence-corrected chi connectivity index (χ1v) is 7.47. The number of carboxylic acids is 1. The Morgan fingerprint density at radius 1 is 1.41 bits per heavy atom. The monoisotopic (exact) mass is 300 g/mol. The molecule has 0 radical (unpaired) electrons. The summed E-state index contributed by atoms with van der Waals surface area (Å²) in [4.78, 5) is 16.1. The summed E-state index contributed by atoms with van der Waals surface area (Å²) < 4.78 is 7.30. The normalized spacial score (nSPS) is 17.1. The number of aromatic nitrogens is 2. The first-order chi connectivity index (χ1) is 10.5. The average Bonchev–Trinajstić information content (AvgIpc) is 2.84. The Kier molecular flexibility index (Phi) is 3.64. The van der Waals surface area contributed by atoms with Crippen LogP contribution in [0.15, 0.2) is 18.2 Å². The number of hydrogen-bond donors (Lipinski definition) is 1. The van der Waals surface area contributed by atoms with E-state index in [1.54, 1.807) is 7.11 Å². The van der Waals surface area contributed by atoms with Crippen LogP contribution in [0, 0.1) is 13.8 Å². The summed E-state index contributed by atoms with van der Waals surface area (Å²) in [6.45, 7) is 4.87. The molecule has 0 saturated carbocycles. The number of aryl methyl sites for hydroxylation is 1. The second-order valence-electron chi connectivity index (χ2n) is 5.77. The van der Waals surface area contributed by atoms with E-state index in [0.29, 0.717) is 12.2 Å². The molecule has 0 spiro atoms. The Hall–Kier alpha value is -2.30. The lowest BCUT2D eigenvalue weighted by Gasteiger charge is -2.20. The molecule has 1 aromatic heterocycles. The molecule has 2 heterocycles. The van der Waals surface area contributed by atoms with Gasteiger partial charge in [0.15, 0.2) is 0 Å². The summed E-state index contributed by atoms with van der Waals surface area (Å²) in [5, 5.41) is 9.41. The quantitative estimate of drug-likeness (QED) is 0.945. The smallest absolute Gasteiger partial charge is 0.314 e. The van der Waals surface area contributed by atoms with Gasteiger partial charge in [-0.15, -0.1) is 0 Å². The molecule has 1 aliphatic rings. The molecule has 0 saturated heterocycles. The van der Waals surface area contributed by atoms with Gasteiger partial charge in [0, 0.05) is 17.8 Å². The van der Waals surface area contributed by atoms with Gasteiger partial charge in [0.05, 0.1) is 12.8 Å². The van der Waals surface area contributed by atoms with Gasteiger partial charge in [-0.1, -0.05) is 0 Å². The third kappa shape index (κ3) is 2.26. The fourth-order valence-electron chi connectivity index (χ4n) is 3.20. The second kappa shape index (κ2) is 5.48. The van der Waals surface area contributed by atoms with Crippen LogP contribution in [0.25, 0.3) is 11.3 Å². The van der Waals surface area contributed by atoms with Crippen LogP contribution in [-0.4, -0.2) is 27.7 Å². The van der Waals surface area contributed by atoms with Crippen molar-refractivity contribution in [1.29, 1.82) is 0 Å². The van der Waals surface area contributed by atoms with E-state index in [9.17, 15) is 9.90 Å². The van der Waals surface area contributed by atoms with E-state index in [1.807, 2.05) is 32.0 Å². The summed E-state index contributed by atoms with van der Waals surface area (Å²) in [5.41, 5.74) is 4.02. The number of carboxylic acid groups (broad SMARTS) is 1. The molecule has 2 aromatic rings. The Morgan fingerprint density at radius 3 is 2.82 bits per heavy atom. The van der Waals surface area contributed by atoms with Crippen LogP contribution >= 0.6 is 0 Å². The maximum absolute atomic E-state index is 11.5. The average molecular weight is 300 g/mol. The van der Waals surface area contributed by atoms with Crippen LogP contribution in [-0.2, 0) is 11.3 Å². The maximum atomic E-state index is 11.5. The molecule has 1 aliphatic heterocycles. The third-order valence-electron chi connectivity index (χ3n) is 4.42. The lowest BCUT2D eigenvalue weighted by atomic mass is 9.99. The number of rotatable bonds is 3. The topological polar surface area (TPSA) is 64.4 Å². The number of benzene rings is 1. The summed E-state index contributed by atoms with van der Waals surface area (Å²) in [6, 6.07) is 5.88. The summed E-state index contributed by atoms with van der Waals surface area (Å²) in [7, 11) is 1.65. The lowest BCUT2D eigenvalue weighted by Crippen LogP contribution is -2.22. The van der Waals surface area contributed by atoms with E-state index in [4.69, 9.17) is 4.74 Å². The van der Waals surface area contributed by atoms with Crippen molar-refractivity contribution in [2.45, 2.75) is 39.2 Å². The van der Waals surface area contributed by atoms with E-state index < -0.39 is 11.9 Å². The molecule has 116 valence electrons. The van der Waals surface area contributed by atoms with Crippen LogP contribution < -0.4 is 4.74 Å². The van der Waals surface area contributed by atoms with Crippen LogP contribution in [0.4, 0.5) is 0 Å². The van der Waals surface area contributed by atoms with E-state index in [-0.39, 0.29) is 0 Å². The predicted octanol–water partition coefficient (Wildman–Crippen LogP) is 3.14. The fraction of sp³-hybridized carbons (Fsp3) is 0.412. The van der Waals surface area contributed by atoms with Gasteiger partial charge in [-0.2, -0.15) is 0 Å². The molecule has 1 atom stereocenters. The SMILES string of the molecule is COc1ccc(-c2nc3n(c2C)CCCC3C(=O)O)c(C)c1. The van der Waals surface area contributed by atoms with Gasteiger partial charge >= 0.3 is 5.97 Å². The van der Waals surface area contributed by atoms with Crippen molar-refractivity contribution in [2.24, 2.45) is 0 Å². The van der Waals surface area contributed by atoms with Crippen molar-refractivity contribution >= 4 is 5.97 Å². The second-order valence-corrected chi connectivity index (χ2v) is 5.77. The number of ether oxygens (including phenoxy) is 1. The Labute approximate surface area is 129 Å². The highest BCUT2D eigenvalue weighted by Crippen LogP contribution is 2.35. The van der Waals surface area contributed by atoms with E-state index in [1.165, 1.54) is 0 Å². The molecule has 5 heteroatoms. The van der Waals surface area contributed by atoms with Crippen molar-refractivity contribution in [3.8, 4) is 17.0 Å². The van der Waals surface area contributed by atoms with E-state index in [2.05, 4.69) is 9.55 Å². The van der Waals surface area contributed by atoms with Gasteiger partial charge < -0.3 is 14.4 Å². The van der Waals surface area contributed by atoms with Crippen molar-refractivity contribution in [2.75, 3.05) is 7.11 Å². The summed E-state index contributed by atoms with van der Waals surface area (Å²) >= 11 is 0. The molecular formula is C17H20N2O3. The van der Waals surface area contributed by atoms with Gasteiger partial charge in [0.2, 0.25) is 0 Å². The highest BCUT2D eigenvalue weighted by molar-refractivity contribution is 5.76. The molecular weight excluding hydrogens is 280 g/mol. The fourth-order valence-corrected chi connectivity index (χ4v) is 3.20. The van der Waals surface area contributed by atoms with Crippen LogP contribution in [0.2, 0.25) is 0 Å². The highest BCUT2D eigenvalue weighted by atomic mass is 16.5. The summed E-state index contributed by atoms with van der Waals surface area (Å²) in [5.74, 6) is 0.205.